The first-order valence-electron chi connectivity index (χ1n) is 6.69. The van der Waals surface area contributed by atoms with Crippen molar-refractivity contribution in [3.8, 4) is 11.3 Å². The monoisotopic (exact) mass is 276 g/mol. The fourth-order valence-electron chi connectivity index (χ4n) is 2.26. The van der Waals surface area contributed by atoms with E-state index in [2.05, 4.69) is 10.2 Å². The van der Waals surface area contributed by atoms with E-state index in [-0.39, 0.29) is 11.6 Å². The van der Waals surface area contributed by atoms with Gasteiger partial charge in [-0.3, -0.25) is 9.36 Å². The first-order chi connectivity index (χ1) is 9.36. The van der Waals surface area contributed by atoms with E-state index in [0.29, 0.717) is 5.69 Å². The van der Waals surface area contributed by atoms with E-state index >= 15 is 0 Å². The Bertz CT molecular complexity index is 654. The SMILES string of the molecule is CCC(C)n1cc(C(=O)O)c(-c2c(C)nn(C)c2C)n1. The van der Waals surface area contributed by atoms with Gasteiger partial charge in [-0.2, -0.15) is 10.2 Å². The van der Waals surface area contributed by atoms with Crippen molar-refractivity contribution in [1.82, 2.24) is 19.6 Å². The second-order valence-corrected chi connectivity index (χ2v) is 5.10. The predicted octanol–water partition coefficient (Wildman–Crippen LogP) is 2.57. The molecule has 108 valence electrons. The molecule has 0 bridgehead atoms. The molecule has 2 heterocycles. The molecular weight excluding hydrogens is 256 g/mol. The molecule has 0 fully saturated rings. The normalized spacial score (nSPS) is 12.7. The van der Waals surface area contributed by atoms with E-state index in [9.17, 15) is 9.90 Å². The van der Waals surface area contributed by atoms with Gasteiger partial charge >= 0.3 is 5.97 Å². The number of carboxylic acid groups (broad SMARTS) is 1. The molecule has 2 aromatic rings. The summed E-state index contributed by atoms with van der Waals surface area (Å²) in [5, 5.41) is 18.2. The van der Waals surface area contributed by atoms with Crippen molar-refractivity contribution < 1.29 is 9.90 Å². The van der Waals surface area contributed by atoms with Crippen molar-refractivity contribution in [1.29, 1.82) is 0 Å². The van der Waals surface area contributed by atoms with Crippen molar-refractivity contribution in [3.63, 3.8) is 0 Å². The highest BCUT2D eigenvalue weighted by atomic mass is 16.4. The average molecular weight is 276 g/mol. The van der Waals surface area contributed by atoms with E-state index in [1.165, 1.54) is 0 Å². The highest BCUT2D eigenvalue weighted by molar-refractivity contribution is 5.95. The zero-order chi connectivity index (χ0) is 15.0. The number of rotatable bonds is 4. The van der Waals surface area contributed by atoms with Crippen LogP contribution in [0.4, 0.5) is 0 Å². The molecule has 1 N–H and O–H groups in total. The largest absolute Gasteiger partial charge is 0.478 e. The summed E-state index contributed by atoms with van der Waals surface area (Å²) in [6.45, 7) is 7.86. The number of carbonyl (C=O) groups is 1. The molecule has 0 radical (unpaired) electrons. The first kappa shape index (κ1) is 14.3. The Kier molecular flexibility index (Phi) is 3.65. The lowest BCUT2D eigenvalue weighted by atomic mass is 10.1. The summed E-state index contributed by atoms with van der Waals surface area (Å²) in [4.78, 5) is 11.5. The van der Waals surface area contributed by atoms with Crippen LogP contribution >= 0.6 is 0 Å². The number of aryl methyl sites for hydroxylation is 2. The van der Waals surface area contributed by atoms with Gasteiger partial charge in [-0.05, 0) is 27.2 Å². The number of nitrogens with zero attached hydrogens (tertiary/aromatic N) is 4. The highest BCUT2D eigenvalue weighted by Gasteiger charge is 2.23. The molecule has 0 aromatic carbocycles. The third-order valence-corrected chi connectivity index (χ3v) is 3.75. The summed E-state index contributed by atoms with van der Waals surface area (Å²) >= 11 is 0. The summed E-state index contributed by atoms with van der Waals surface area (Å²) in [5.41, 5.74) is 3.25. The summed E-state index contributed by atoms with van der Waals surface area (Å²) < 4.78 is 3.48. The molecule has 0 saturated carbocycles. The predicted molar refractivity (Wildman–Crippen MR) is 75.9 cm³/mol. The van der Waals surface area contributed by atoms with Gasteiger partial charge in [0.2, 0.25) is 0 Å². The summed E-state index contributed by atoms with van der Waals surface area (Å²) in [6, 6.07) is 0.166. The molecule has 1 unspecified atom stereocenters. The van der Waals surface area contributed by atoms with Crippen molar-refractivity contribution in [2.24, 2.45) is 7.05 Å². The summed E-state index contributed by atoms with van der Waals surface area (Å²) in [7, 11) is 1.85. The molecule has 2 aromatic heterocycles. The van der Waals surface area contributed by atoms with E-state index in [1.54, 1.807) is 15.6 Å². The van der Waals surface area contributed by atoms with Crippen LogP contribution in [0, 0.1) is 13.8 Å². The van der Waals surface area contributed by atoms with Crippen LogP contribution in [0.3, 0.4) is 0 Å². The Labute approximate surface area is 118 Å². The summed E-state index contributed by atoms with van der Waals surface area (Å²) in [5.74, 6) is -0.961. The van der Waals surface area contributed by atoms with Crippen LogP contribution in [0.15, 0.2) is 6.20 Å². The van der Waals surface area contributed by atoms with Crippen LogP contribution in [0.1, 0.15) is 48.1 Å². The number of aromatic carboxylic acids is 1. The van der Waals surface area contributed by atoms with Crippen LogP contribution in [0.25, 0.3) is 11.3 Å². The van der Waals surface area contributed by atoms with Gasteiger partial charge in [0, 0.05) is 30.5 Å². The Balaban J connectivity index is 2.66. The lowest BCUT2D eigenvalue weighted by Crippen LogP contribution is -2.04. The number of hydrogen-bond acceptors (Lipinski definition) is 3. The molecule has 1 atom stereocenters. The smallest absolute Gasteiger partial charge is 0.339 e. The van der Waals surface area contributed by atoms with Crippen molar-refractivity contribution in [2.45, 2.75) is 40.2 Å². The molecule has 0 saturated heterocycles. The van der Waals surface area contributed by atoms with E-state index in [4.69, 9.17) is 0 Å². The fourth-order valence-corrected chi connectivity index (χ4v) is 2.26. The van der Waals surface area contributed by atoms with Gasteiger partial charge in [0.05, 0.1) is 5.69 Å². The molecule has 0 amide bonds. The van der Waals surface area contributed by atoms with Gasteiger partial charge in [-0.1, -0.05) is 6.92 Å². The van der Waals surface area contributed by atoms with E-state index in [0.717, 1.165) is 23.4 Å². The lowest BCUT2D eigenvalue weighted by molar-refractivity contribution is 0.0697. The molecular formula is C14H20N4O2. The number of aromatic nitrogens is 4. The molecule has 6 nitrogen and oxygen atoms in total. The van der Waals surface area contributed by atoms with Gasteiger partial charge in [-0.25, -0.2) is 4.79 Å². The van der Waals surface area contributed by atoms with Gasteiger partial charge < -0.3 is 5.11 Å². The Morgan fingerprint density at radius 3 is 2.50 bits per heavy atom. The standard InChI is InChI=1S/C14H20N4O2/c1-6-8(2)18-7-11(14(19)20)13(16-18)12-9(3)15-17(5)10(12)4/h7-8H,6H2,1-5H3,(H,19,20). The number of hydrogen-bond donors (Lipinski definition) is 1. The molecule has 6 heteroatoms. The van der Waals surface area contributed by atoms with Crippen molar-refractivity contribution >= 4 is 5.97 Å². The Hall–Kier alpha value is -2.11. The minimum Gasteiger partial charge on any atom is -0.478 e. The van der Waals surface area contributed by atoms with Crippen LogP contribution < -0.4 is 0 Å². The van der Waals surface area contributed by atoms with Gasteiger partial charge in [0.15, 0.2) is 0 Å². The van der Waals surface area contributed by atoms with E-state index < -0.39 is 5.97 Å². The zero-order valence-corrected chi connectivity index (χ0v) is 12.5. The average Bonchev–Trinajstić information content (AvgIpc) is 2.91. The third-order valence-electron chi connectivity index (χ3n) is 3.75. The molecule has 0 aliphatic carbocycles. The quantitative estimate of drug-likeness (QED) is 0.931. The van der Waals surface area contributed by atoms with Crippen LogP contribution in [-0.2, 0) is 7.05 Å². The topological polar surface area (TPSA) is 72.9 Å². The Morgan fingerprint density at radius 1 is 1.40 bits per heavy atom. The second kappa shape index (κ2) is 5.11. The zero-order valence-electron chi connectivity index (χ0n) is 12.5. The van der Waals surface area contributed by atoms with Crippen LogP contribution in [0.5, 0.6) is 0 Å². The maximum Gasteiger partial charge on any atom is 0.339 e. The van der Waals surface area contributed by atoms with Gasteiger partial charge in [0.1, 0.15) is 11.3 Å². The lowest BCUT2D eigenvalue weighted by Gasteiger charge is -2.08. The maximum atomic E-state index is 11.5. The third kappa shape index (κ3) is 2.21. The number of carboxylic acids is 1. The minimum absolute atomic E-state index is 0.166. The van der Waals surface area contributed by atoms with Gasteiger partial charge in [0.25, 0.3) is 0 Å². The summed E-state index contributed by atoms with van der Waals surface area (Å²) in [6.07, 6.45) is 2.50. The van der Waals surface area contributed by atoms with Crippen LogP contribution in [0.2, 0.25) is 0 Å². The van der Waals surface area contributed by atoms with E-state index in [1.807, 2.05) is 34.7 Å². The highest BCUT2D eigenvalue weighted by Crippen LogP contribution is 2.29. The van der Waals surface area contributed by atoms with Crippen LogP contribution in [-0.4, -0.2) is 30.6 Å². The molecule has 0 aliphatic rings. The van der Waals surface area contributed by atoms with Gasteiger partial charge in [-0.15, -0.1) is 0 Å². The maximum absolute atomic E-state index is 11.5. The first-order valence-corrected chi connectivity index (χ1v) is 6.69. The molecule has 0 spiro atoms. The second-order valence-electron chi connectivity index (χ2n) is 5.10. The van der Waals surface area contributed by atoms with Crippen molar-refractivity contribution in [3.05, 3.63) is 23.1 Å². The minimum atomic E-state index is -0.961. The van der Waals surface area contributed by atoms with Crippen molar-refractivity contribution in [2.75, 3.05) is 0 Å². The molecule has 2 rings (SSSR count). The Morgan fingerprint density at radius 2 is 2.05 bits per heavy atom. The molecule has 20 heavy (non-hydrogen) atoms. The molecule has 0 aliphatic heterocycles. The fraction of sp³-hybridized carbons (Fsp3) is 0.500.